The maximum Gasteiger partial charge on any atom is 0.257 e. The van der Waals surface area contributed by atoms with E-state index in [1.54, 1.807) is 23.5 Å². The number of rotatable bonds is 5. The van der Waals surface area contributed by atoms with Crippen LogP contribution in [0.25, 0.3) is 10.6 Å². The van der Waals surface area contributed by atoms with Crippen LogP contribution in [0.5, 0.6) is 0 Å². The Morgan fingerprint density at radius 2 is 1.96 bits per heavy atom. The second-order valence-corrected chi connectivity index (χ2v) is 9.24. The summed E-state index contributed by atoms with van der Waals surface area (Å²) in [5, 5.41) is 7.01. The Bertz CT molecular complexity index is 993. The number of sulfonamides is 1. The van der Waals surface area contributed by atoms with E-state index in [-0.39, 0.29) is 10.5 Å². The van der Waals surface area contributed by atoms with Crippen LogP contribution in [0.15, 0.2) is 52.1 Å². The molecule has 0 bridgehead atoms. The Morgan fingerprint density at radius 1 is 1.16 bits per heavy atom. The summed E-state index contributed by atoms with van der Waals surface area (Å²) >= 11 is 2.89. The van der Waals surface area contributed by atoms with Crippen molar-refractivity contribution < 1.29 is 13.2 Å². The molecular weight excluding hydrogens is 378 g/mol. The van der Waals surface area contributed by atoms with E-state index in [4.69, 9.17) is 0 Å². The average molecular weight is 394 g/mol. The summed E-state index contributed by atoms with van der Waals surface area (Å²) in [6.07, 6.45) is 0. The largest absolute Gasteiger partial charge is 0.298 e. The predicted octanol–water partition coefficient (Wildman–Crippen LogP) is 3.37. The number of carbonyl (C=O) groups excluding carboxylic acids is 1. The third-order valence-electron chi connectivity index (χ3n) is 3.37. The fourth-order valence-electron chi connectivity index (χ4n) is 2.05. The summed E-state index contributed by atoms with van der Waals surface area (Å²) in [6.45, 7) is 0. The van der Waals surface area contributed by atoms with Gasteiger partial charge in [-0.1, -0.05) is 12.1 Å². The van der Waals surface area contributed by atoms with Crippen LogP contribution in [-0.4, -0.2) is 37.7 Å². The molecule has 0 aliphatic carbocycles. The van der Waals surface area contributed by atoms with E-state index < -0.39 is 15.9 Å². The van der Waals surface area contributed by atoms with Gasteiger partial charge in [0.05, 0.1) is 15.5 Å². The molecule has 0 saturated carbocycles. The highest BCUT2D eigenvalue weighted by Crippen LogP contribution is 2.28. The lowest BCUT2D eigenvalue weighted by atomic mass is 10.2. The van der Waals surface area contributed by atoms with Crippen molar-refractivity contribution in [2.75, 3.05) is 19.4 Å². The Kier molecular flexibility index (Phi) is 5.00. The molecule has 0 radical (unpaired) electrons. The molecular formula is C16H15N3O3S3. The van der Waals surface area contributed by atoms with E-state index in [1.165, 1.54) is 37.6 Å². The molecule has 0 atom stereocenters. The van der Waals surface area contributed by atoms with E-state index in [2.05, 4.69) is 10.3 Å². The van der Waals surface area contributed by atoms with Crippen molar-refractivity contribution in [3.63, 3.8) is 0 Å². The fraction of sp³-hybridized carbons (Fsp3) is 0.125. The minimum Gasteiger partial charge on any atom is -0.298 e. The molecule has 9 heteroatoms. The zero-order chi connectivity index (χ0) is 18.0. The maximum atomic E-state index is 12.4. The number of amides is 1. The minimum atomic E-state index is -3.59. The van der Waals surface area contributed by atoms with E-state index in [0.717, 1.165) is 14.9 Å². The van der Waals surface area contributed by atoms with Crippen LogP contribution in [0.2, 0.25) is 0 Å². The van der Waals surface area contributed by atoms with Gasteiger partial charge in [0, 0.05) is 25.0 Å². The fourth-order valence-corrected chi connectivity index (χ4v) is 4.46. The lowest BCUT2D eigenvalue weighted by Crippen LogP contribution is -2.22. The monoisotopic (exact) mass is 393 g/mol. The Labute approximate surface area is 153 Å². The molecule has 0 aliphatic rings. The molecule has 25 heavy (non-hydrogen) atoms. The number of nitrogens with zero attached hydrogens (tertiary/aromatic N) is 2. The summed E-state index contributed by atoms with van der Waals surface area (Å²) in [6, 6.07) is 9.83. The molecule has 130 valence electrons. The van der Waals surface area contributed by atoms with E-state index in [0.29, 0.717) is 5.13 Å². The number of hydrogen-bond donors (Lipinski definition) is 1. The molecule has 3 aromatic rings. The van der Waals surface area contributed by atoms with Crippen LogP contribution in [0.4, 0.5) is 5.13 Å². The third kappa shape index (κ3) is 3.79. The first-order valence-corrected chi connectivity index (χ1v) is 10.4. The molecule has 0 unspecified atom stereocenters. The quantitative estimate of drug-likeness (QED) is 0.721. The molecule has 0 fully saturated rings. The van der Waals surface area contributed by atoms with Gasteiger partial charge in [0.15, 0.2) is 5.13 Å². The highest BCUT2D eigenvalue weighted by atomic mass is 32.2. The van der Waals surface area contributed by atoms with Crippen LogP contribution in [0.1, 0.15) is 10.4 Å². The topological polar surface area (TPSA) is 79.4 Å². The summed E-state index contributed by atoms with van der Waals surface area (Å²) in [4.78, 5) is 17.9. The number of thiazole rings is 1. The maximum absolute atomic E-state index is 12.4. The third-order valence-corrected chi connectivity index (χ3v) is 6.83. The number of benzene rings is 1. The Hall–Kier alpha value is -2.07. The number of anilines is 1. The predicted molar refractivity (Wildman–Crippen MR) is 101 cm³/mol. The molecule has 0 aliphatic heterocycles. The molecule has 2 heterocycles. The number of aromatic nitrogens is 1. The zero-order valence-corrected chi connectivity index (χ0v) is 15.9. The summed E-state index contributed by atoms with van der Waals surface area (Å²) < 4.78 is 25.5. The van der Waals surface area contributed by atoms with Crippen LogP contribution in [0.3, 0.4) is 0 Å². The Balaban J connectivity index is 1.80. The number of nitrogens with one attached hydrogen (secondary N) is 1. The molecule has 0 spiro atoms. The van der Waals surface area contributed by atoms with Gasteiger partial charge in [0.2, 0.25) is 10.0 Å². The van der Waals surface area contributed by atoms with Crippen molar-refractivity contribution in [1.29, 1.82) is 0 Å². The highest BCUT2D eigenvalue weighted by Gasteiger charge is 2.19. The first-order valence-electron chi connectivity index (χ1n) is 7.21. The number of carbonyl (C=O) groups is 1. The molecule has 2 aromatic heterocycles. The lowest BCUT2D eigenvalue weighted by molar-refractivity contribution is 0.102. The normalized spacial score (nSPS) is 11.6. The highest BCUT2D eigenvalue weighted by molar-refractivity contribution is 7.89. The number of hydrogen-bond acceptors (Lipinski definition) is 6. The van der Waals surface area contributed by atoms with Crippen LogP contribution in [0, 0.1) is 0 Å². The summed E-state index contributed by atoms with van der Waals surface area (Å²) in [7, 11) is -0.693. The SMILES string of the molecule is CN(C)S(=O)(=O)c1cccc(C(=O)Nc2nc(-c3cccs3)cs2)c1. The second kappa shape index (κ2) is 7.04. The zero-order valence-electron chi connectivity index (χ0n) is 13.5. The second-order valence-electron chi connectivity index (χ2n) is 5.28. The van der Waals surface area contributed by atoms with Crippen molar-refractivity contribution in [3.05, 3.63) is 52.7 Å². The van der Waals surface area contributed by atoms with Gasteiger partial charge < -0.3 is 0 Å². The van der Waals surface area contributed by atoms with Crippen LogP contribution in [-0.2, 0) is 10.0 Å². The van der Waals surface area contributed by atoms with Crippen molar-refractivity contribution >= 4 is 43.7 Å². The number of thiophene rings is 1. The molecule has 1 N–H and O–H groups in total. The van der Waals surface area contributed by atoms with Gasteiger partial charge in [-0.2, -0.15) is 0 Å². The van der Waals surface area contributed by atoms with Gasteiger partial charge in [-0.3, -0.25) is 10.1 Å². The van der Waals surface area contributed by atoms with Crippen molar-refractivity contribution in [3.8, 4) is 10.6 Å². The Morgan fingerprint density at radius 3 is 2.64 bits per heavy atom. The van der Waals surface area contributed by atoms with E-state index in [1.807, 2.05) is 22.9 Å². The van der Waals surface area contributed by atoms with Gasteiger partial charge in [-0.25, -0.2) is 17.7 Å². The smallest absolute Gasteiger partial charge is 0.257 e. The van der Waals surface area contributed by atoms with Crippen LogP contribution >= 0.6 is 22.7 Å². The van der Waals surface area contributed by atoms with Gasteiger partial charge in [0.25, 0.3) is 5.91 Å². The first-order chi connectivity index (χ1) is 11.9. The molecule has 3 rings (SSSR count). The van der Waals surface area contributed by atoms with E-state index in [9.17, 15) is 13.2 Å². The standard InChI is InChI=1S/C16H15N3O3S3/c1-19(2)25(21,22)12-6-3-5-11(9-12)15(20)18-16-17-13(10-24-16)14-7-4-8-23-14/h3-10H,1-2H3,(H,17,18,20). The summed E-state index contributed by atoms with van der Waals surface area (Å²) in [5.41, 5.74) is 1.06. The average Bonchev–Trinajstić information content (AvgIpc) is 3.26. The van der Waals surface area contributed by atoms with E-state index >= 15 is 0 Å². The van der Waals surface area contributed by atoms with Gasteiger partial charge in [-0.15, -0.1) is 22.7 Å². The minimum absolute atomic E-state index is 0.0727. The summed E-state index contributed by atoms with van der Waals surface area (Å²) in [5.74, 6) is -0.400. The van der Waals surface area contributed by atoms with Crippen molar-refractivity contribution in [2.24, 2.45) is 0 Å². The van der Waals surface area contributed by atoms with Crippen molar-refractivity contribution in [2.45, 2.75) is 4.90 Å². The van der Waals surface area contributed by atoms with Crippen LogP contribution < -0.4 is 5.32 Å². The van der Waals surface area contributed by atoms with Crippen molar-refractivity contribution in [1.82, 2.24) is 9.29 Å². The van der Waals surface area contributed by atoms with Gasteiger partial charge in [0.1, 0.15) is 0 Å². The first kappa shape index (κ1) is 17.7. The molecule has 1 amide bonds. The molecule has 6 nitrogen and oxygen atoms in total. The molecule has 0 saturated heterocycles. The lowest BCUT2D eigenvalue weighted by Gasteiger charge is -2.12. The van der Waals surface area contributed by atoms with Gasteiger partial charge >= 0.3 is 0 Å². The molecule has 1 aromatic carbocycles. The van der Waals surface area contributed by atoms with Gasteiger partial charge in [-0.05, 0) is 29.6 Å².